The summed E-state index contributed by atoms with van der Waals surface area (Å²) in [7, 11) is -1.72. The Balaban J connectivity index is 2.04. The number of para-hydroxylation sites is 1. The van der Waals surface area contributed by atoms with E-state index in [9.17, 15) is 8.42 Å². The largest absolute Gasteiger partial charge is 0.384 e. The van der Waals surface area contributed by atoms with E-state index in [0.717, 1.165) is 11.3 Å². The number of benzene rings is 1. The van der Waals surface area contributed by atoms with Crippen molar-refractivity contribution in [3.05, 3.63) is 28.8 Å². The fourth-order valence-electron chi connectivity index (χ4n) is 2.53. The van der Waals surface area contributed by atoms with E-state index in [-0.39, 0.29) is 12.4 Å². The molecule has 0 bridgehead atoms. The van der Waals surface area contributed by atoms with E-state index >= 15 is 0 Å². The molecule has 0 radical (unpaired) electrons. The Morgan fingerprint density at radius 2 is 1.90 bits per heavy atom. The summed E-state index contributed by atoms with van der Waals surface area (Å²) in [5, 5.41) is 0.714. The molecule has 1 heterocycles. The predicted molar refractivity (Wildman–Crippen MR) is 85.6 cm³/mol. The van der Waals surface area contributed by atoms with Crippen LogP contribution in [0, 0.1) is 6.92 Å². The highest BCUT2D eigenvalue weighted by atomic mass is 35.5. The van der Waals surface area contributed by atoms with E-state index in [1.54, 1.807) is 0 Å². The minimum Gasteiger partial charge on any atom is -0.384 e. The van der Waals surface area contributed by atoms with Gasteiger partial charge < -0.3 is 9.64 Å². The minimum absolute atomic E-state index is 0.0363. The number of aryl methyl sites for hydroxylation is 1. The SMILES string of the molecule is COCCS(=O)(=O)N1CCN(c2c(C)cccc2Cl)CC1. The summed E-state index contributed by atoms with van der Waals surface area (Å²) < 4.78 is 30.6. The van der Waals surface area contributed by atoms with Gasteiger partial charge in [-0.2, -0.15) is 4.31 Å². The van der Waals surface area contributed by atoms with E-state index in [0.29, 0.717) is 31.2 Å². The molecule has 1 aromatic rings. The number of hydrogen-bond donors (Lipinski definition) is 0. The molecule has 0 amide bonds. The van der Waals surface area contributed by atoms with E-state index in [4.69, 9.17) is 16.3 Å². The van der Waals surface area contributed by atoms with Crippen LogP contribution in [0.1, 0.15) is 5.56 Å². The van der Waals surface area contributed by atoms with Gasteiger partial charge in [0.05, 0.1) is 23.1 Å². The Hall–Kier alpha value is -0.820. The second-order valence-electron chi connectivity index (χ2n) is 5.10. The lowest BCUT2D eigenvalue weighted by atomic mass is 10.1. The summed E-state index contributed by atoms with van der Waals surface area (Å²) in [4.78, 5) is 2.15. The molecule has 0 aromatic heterocycles. The molecule has 0 atom stereocenters. The molecular weight excluding hydrogens is 312 g/mol. The second-order valence-corrected chi connectivity index (χ2v) is 7.60. The van der Waals surface area contributed by atoms with Crippen LogP contribution >= 0.6 is 11.6 Å². The Labute approximate surface area is 131 Å². The quantitative estimate of drug-likeness (QED) is 0.824. The molecule has 1 fully saturated rings. The minimum atomic E-state index is -3.22. The molecule has 21 heavy (non-hydrogen) atoms. The van der Waals surface area contributed by atoms with Crippen molar-refractivity contribution in [3.8, 4) is 0 Å². The third kappa shape index (κ3) is 3.88. The number of hydrogen-bond acceptors (Lipinski definition) is 4. The van der Waals surface area contributed by atoms with Gasteiger partial charge in [0.15, 0.2) is 0 Å². The van der Waals surface area contributed by atoms with Gasteiger partial charge in [-0.05, 0) is 18.6 Å². The normalized spacial score (nSPS) is 17.2. The highest BCUT2D eigenvalue weighted by Crippen LogP contribution is 2.30. The van der Waals surface area contributed by atoms with Crippen LogP contribution in [0.3, 0.4) is 0 Å². The number of sulfonamides is 1. The Morgan fingerprint density at radius 1 is 1.24 bits per heavy atom. The lowest BCUT2D eigenvalue weighted by Crippen LogP contribution is -2.49. The van der Waals surface area contributed by atoms with Crippen LogP contribution in [0.4, 0.5) is 5.69 Å². The Bertz CT molecular complexity index is 564. The van der Waals surface area contributed by atoms with Gasteiger partial charge in [-0.15, -0.1) is 0 Å². The lowest BCUT2D eigenvalue weighted by molar-refractivity contribution is 0.215. The number of rotatable bonds is 5. The number of halogens is 1. The molecule has 5 nitrogen and oxygen atoms in total. The van der Waals surface area contributed by atoms with Crippen LogP contribution in [0.5, 0.6) is 0 Å². The molecule has 0 N–H and O–H groups in total. The predicted octanol–water partition coefficient (Wildman–Crippen LogP) is 1.75. The molecule has 0 spiro atoms. The molecule has 118 valence electrons. The first-order chi connectivity index (χ1) is 9.95. The molecule has 1 aliphatic rings. The summed E-state index contributed by atoms with van der Waals surface area (Å²) in [6.07, 6.45) is 0. The van der Waals surface area contributed by atoms with E-state index in [1.165, 1.54) is 11.4 Å². The van der Waals surface area contributed by atoms with Crippen molar-refractivity contribution in [2.45, 2.75) is 6.92 Å². The van der Waals surface area contributed by atoms with Crippen molar-refractivity contribution in [2.24, 2.45) is 0 Å². The van der Waals surface area contributed by atoms with Crippen molar-refractivity contribution in [1.29, 1.82) is 0 Å². The van der Waals surface area contributed by atoms with Crippen LogP contribution < -0.4 is 4.90 Å². The zero-order chi connectivity index (χ0) is 15.5. The maximum atomic E-state index is 12.1. The molecule has 7 heteroatoms. The lowest BCUT2D eigenvalue weighted by Gasteiger charge is -2.36. The molecule has 0 saturated carbocycles. The van der Waals surface area contributed by atoms with Crippen LogP contribution in [0.25, 0.3) is 0 Å². The third-order valence-corrected chi connectivity index (χ3v) is 5.82. The van der Waals surface area contributed by atoms with Gasteiger partial charge >= 0.3 is 0 Å². The van der Waals surface area contributed by atoms with Crippen LogP contribution in [0.2, 0.25) is 5.02 Å². The van der Waals surface area contributed by atoms with Gasteiger partial charge in [-0.3, -0.25) is 0 Å². The number of ether oxygens (including phenoxy) is 1. The van der Waals surface area contributed by atoms with Crippen molar-refractivity contribution >= 4 is 27.3 Å². The fourth-order valence-corrected chi connectivity index (χ4v) is 4.23. The summed E-state index contributed by atoms with van der Waals surface area (Å²) >= 11 is 6.27. The van der Waals surface area contributed by atoms with E-state index < -0.39 is 10.0 Å². The fraction of sp³-hybridized carbons (Fsp3) is 0.571. The van der Waals surface area contributed by atoms with Crippen molar-refractivity contribution < 1.29 is 13.2 Å². The van der Waals surface area contributed by atoms with Crippen molar-refractivity contribution in [3.63, 3.8) is 0 Å². The van der Waals surface area contributed by atoms with Gasteiger partial charge in [0.25, 0.3) is 0 Å². The van der Waals surface area contributed by atoms with Crippen molar-refractivity contribution in [1.82, 2.24) is 4.31 Å². The van der Waals surface area contributed by atoms with Gasteiger partial charge in [0.2, 0.25) is 10.0 Å². The van der Waals surface area contributed by atoms with Crippen LogP contribution in [0.15, 0.2) is 18.2 Å². The number of nitrogens with zero attached hydrogens (tertiary/aromatic N) is 2. The van der Waals surface area contributed by atoms with Gasteiger partial charge in [-0.25, -0.2) is 8.42 Å². The van der Waals surface area contributed by atoms with Gasteiger partial charge in [0.1, 0.15) is 0 Å². The molecule has 1 aromatic carbocycles. The first-order valence-corrected chi connectivity index (χ1v) is 8.91. The monoisotopic (exact) mass is 332 g/mol. The summed E-state index contributed by atoms with van der Waals surface area (Å²) in [5.41, 5.74) is 2.12. The van der Waals surface area contributed by atoms with Crippen LogP contribution in [-0.2, 0) is 14.8 Å². The second kappa shape index (κ2) is 6.96. The smallest absolute Gasteiger partial charge is 0.216 e. The third-order valence-electron chi connectivity index (χ3n) is 3.68. The molecule has 0 unspecified atom stereocenters. The number of piperazine rings is 1. The average molecular weight is 333 g/mol. The zero-order valence-electron chi connectivity index (χ0n) is 12.4. The average Bonchev–Trinajstić information content (AvgIpc) is 2.45. The maximum absolute atomic E-state index is 12.1. The van der Waals surface area contributed by atoms with Crippen LogP contribution in [-0.4, -0.2) is 58.4 Å². The topological polar surface area (TPSA) is 49.9 Å². The standard InChI is InChI=1S/C14H21ClN2O3S/c1-12-4-3-5-13(15)14(12)16-6-8-17(9-7-16)21(18,19)11-10-20-2/h3-5H,6-11H2,1-2H3. The summed E-state index contributed by atoms with van der Waals surface area (Å²) in [5.74, 6) is 0.0363. The first kappa shape index (κ1) is 16.5. The highest BCUT2D eigenvalue weighted by Gasteiger charge is 2.27. The zero-order valence-corrected chi connectivity index (χ0v) is 14.0. The van der Waals surface area contributed by atoms with E-state index in [2.05, 4.69) is 4.90 Å². The molecule has 1 saturated heterocycles. The van der Waals surface area contributed by atoms with Crippen molar-refractivity contribution in [2.75, 3.05) is 50.5 Å². The molecule has 0 aliphatic carbocycles. The Kier molecular flexibility index (Phi) is 5.48. The highest BCUT2D eigenvalue weighted by molar-refractivity contribution is 7.89. The molecule has 2 rings (SSSR count). The van der Waals surface area contributed by atoms with Gasteiger partial charge in [-0.1, -0.05) is 23.7 Å². The summed E-state index contributed by atoms with van der Waals surface area (Å²) in [6.45, 7) is 4.51. The maximum Gasteiger partial charge on any atom is 0.216 e. The van der Waals surface area contributed by atoms with Gasteiger partial charge in [0, 0.05) is 33.3 Å². The Morgan fingerprint density at radius 3 is 2.48 bits per heavy atom. The number of anilines is 1. The number of methoxy groups -OCH3 is 1. The van der Waals surface area contributed by atoms with E-state index in [1.807, 2.05) is 25.1 Å². The first-order valence-electron chi connectivity index (χ1n) is 6.92. The molecular formula is C14H21ClN2O3S. The molecule has 1 aliphatic heterocycles. The summed E-state index contributed by atoms with van der Waals surface area (Å²) in [6, 6.07) is 5.81.